The highest BCUT2D eigenvalue weighted by Crippen LogP contribution is 2.39. The second-order valence-corrected chi connectivity index (χ2v) is 6.89. The normalized spacial score (nSPS) is 24.7. The molecular weight excluding hydrogens is 254 g/mol. The highest BCUT2D eigenvalue weighted by atomic mass is 32.2. The van der Waals surface area contributed by atoms with Crippen LogP contribution in [0.4, 0.5) is 0 Å². The SMILES string of the molecule is CC1CCCC(Sc2cc(C#N)ccc2[C@H](C)O)C1. The van der Waals surface area contributed by atoms with Gasteiger partial charge in [0.15, 0.2) is 0 Å². The largest absolute Gasteiger partial charge is 0.389 e. The van der Waals surface area contributed by atoms with Gasteiger partial charge in [-0.25, -0.2) is 0 Å². The number of hydrogen-bond donors (Lipinski definition) is 1. The molecule has 0 bridgehead atoms. The van der Waals surface area contributed by atoms with Crippen molar-refractivity contribution in [2.45, 2.75) is 55.8 Å². The summed E-state index contributed by atoms with van der Waals surface area (Å²) in [5.41, 5.74) is 1.62. The summed E-state index contributed by atoms with van der Waals surface area (Å²) in [4.78, 5) is 1.08. The van der Waals surface area contributed by atoms with Crippen LogP contribution in [0.5, 0.6) is 0 Å². The van der Waals surface area contributed by atoms with Crippen LogP contribution in [0.25, 0.3) is 0 Å². The van der Waals surface area contributed by atoms with Gasteiger partial charge in [-0.1, -0.05) is 25.8 Å². The van der Waals surface area contributed by atoms with Gasteiger partial charge in [0.05, 0.1) is 17.7 Å². The molecular formula is C16H21NOS. The molecule has 0 spiro atoms. The lowest BCUT2D eigenvalue weighted by Gasteiger charge is -2.27. The van der Waals surface area contributed by atoms with Gasteiger partial charge in [0, 0.05) is 10.1 Å². The van der Waals surface area contributed by atoms with Gasteiger partial charge in [0.1, 0.15) is 0 Å². The highest BCUT2D eigenvalue weighted by molar-refractivity contribution is 8.00. The fraction of sp³-hybridized carbons (Fsp3) is 0.562. The van der Waals surface area contributed by atoms with E-state index in [0.717, 1.165) is 16.4 Å². The maximum absolute atomic E-state index is 9.85. The first-order valence-corrected chi connectivity index (χ1v) is 7.87. The van der Waals surface area contributed by atoms with Gasteiger partial charge in [-0.05, 0) is 43.4 Å². The summed E-state index contributed by atoms with van der Waals surface area (Å²) in [5, 5.41) is 19.5. The monoisotopic (exact) mass is 275 g/mol. The van der Waals surface area contributed by atoms with Crippen LogP contribution in [0, 0.1) is 17.2 Å². The molecule has 1 N–H and O–H groups in total. The topological polar surface area (TPSA) is 44.0 Å². The minimum atomic E-state index is -0.476. The van der Waals surface area contributed by atoms with Crippen molar-refractivity contribution in [3.8, 4) is 6.07 Å². The molecule has 3 atom stereocenters. The quantitative estimate of drug-likeness (QED) is 0.895. The molecule has 19 heavy (non-hydrogen) atoms. The van der Waals surface area contributed by atoms with Gasteiger partial charge in [-0.15, -0.1) is 11.8 Å². The van der Waals surface area contributed by atoms with E-state index in [1.807, 2.05) is 23.9 Å². The van der Waals surface area contributed by atoms with Crippen LogP contribution in [-0.4, -0.2) is 10.4 Å². The Morgan fingerprint density at radius 1 is 1.42 bits per heavy atom. The average Bonchev–Trinajstić information content (AvgIpc) is 2.38. The zero-order valence-corrected chi connectivity index (χ0v) is 12.4. The molecule has 0 aliphatic heterocycles. The molecule has 2 rings (SSSR count). The number of aliphatic hydroxyl groups is 1. The van der Waals surface area contributed by atoms with Gasteiger partial charge in [0.2, 0.25) is 0 Å². The number of thioether (sulfide) groups is 1. The van der Waals surface area contributed by atoms with E-state index in [2.05, 4.69) is 13.0 Å². The van der Waals surface area contributed by atoms with Crippen molar-refractivity contribution in [3.05, 3.63) is 29.3 Å². The summed E-state index contributed by atoms with van der Waals surface area (Å²) >= 11 is 1.84. The number of nitrogens with zero attached hydrogens (tertiary/aromatic N) is 1. The maximum atomic E-state index is 9.85. The lowest BCUT2D eigenvalue weighted by Crippen LogP contribution is -2.15. The fourth-order valence-corrected chi connectivity index (χ4v) is 4.35. The van der Waals surface area contributed by atoms with Crippen LogP contribution in [-0.2, 0) is 0 Å². The molecule has 1 fully saturated rings. The first-order chi connectivity index (χ1) is 9.10. The van der Waals surface area contributed by atoms with Gasteiger partial charge in [0.25, 0.3) is 0 Å². The van der Waals surface area contributed by atoms with E-state index in [4.69, 9.17) is 5.26 Å². The van der Waals surface area contributed by atoms with E-state index >= 15 is 0 Å². The molecule has 0 saturated heterocycles. The standard InChI is InChI=1S/C16H21NOS/c1-11-4-3-5-14(8-11)19-16-9-13(10-17)6-7-15(16)12(2)18/h6-7,9,11-12,14,18H,3-5,8H2,1-2H3/t11?,12-,14?/m0/s1. The fourth-order valence-electron chi connectivity index (χ4n) is 2.72. The first-order valence-electron chi connectivity index (χ1n) is 6.99. The summed E-state index contributed by atoms with van der Waals surface area (Å²) in [6.45, 7) is 4.10. The maximum Gasteiger partial charge on any atom is 0.0992 e. The van der Waals surface area contributed by atoms with Crippen LogP contribution in [0.1, 0.15) is 56.8 Å². The van der Waals surface area contributed by atoms with Crippen LogP contribution in [0.15, 0.2) is 23.1 Å². The lowest BCUT2D eigenvalue weighted by atomic mass is 9.91. The van der Waals surface area contributed by atoms with E-state index in [1.165, 1.54) is 25.7 Å². The summed E-state index contributed by atoms with van der Waals surface area (Å²) in [5.74, 6) is 0.792. The van der Waals surface area contributed by atoms with Crippen molar-refractivity contribution in [1.82, 2.24) is 0 Å². The third-order valence-corrected chi connectivity index (χ3v) is 5.14. The van der Waals surface area contributed by atoms with Crippen LogP contribution in [0.2, 0.25) is 0 Å². The zero-order valence-electron chi connectivity index (χ0n) is 11.6. The van der Waals surface area contributed by atoms with Crippen LogP contribution < -0.4 is 0 Å². The smallest absolute Gasteiger partial charge is 0.0992 e. The molecule has 0 aromatic heterocycles. The molecule has 2 nitrogen and oxygen atoms in total. The Hall–Kier alpha value is -0.980. The summed E-state index contributed by atoms with van der Waals surface area (Å²) < 4.78 is 0. The van der Waals surface area contributed by atoms with E-state index < -0.39 is 6.10 Å². The molecule has 102 valence electrons. The van der Waals surface area contributed by atoms with Crippen LogP contribution in [0.3, 0.4) is 0 Å². The summed E-state index contributed by atoms with van der Waals surface area (Å²) in [7, 11) is 0. The third-order valence-electron chi connectivity index (χ3n) is 3.77. The Kier molecular flexibility index (Phi) is 4.90. The minimum Gasteiger partial charge on any atom is -0.389 e. The molecule has 1 aromatic rings. The number of aliphatic hydroxyl groups excluding tert-OH is 1. The number of nitriles is 1. The number of hydrogen-bond acceptors (Lipinski definition) is 3. The van der Waals surface area contributed by atoms with Gasteiger partial charge in [-0.3, -0.25) is 0 Å². The Balaban J connectivity index is 2.19. The van der Waals surface area contributed by atoms with Crippen molar-refractivity contribution in [2.75, 3.05) is 0 Å². The first kappa shape index (κ1) is 14.4. The van der Waals surface area contributed by atoms with Crippen molar-refractivity contribution in [1.29, 1.82) is 5.26 Å². The van der Waals surface area contributed by atoms with E-state index in [-0.39, 0.29) is 0 Å². The van der Waals surface area contributed by atoms with Crippen LogP contribution >= 0.6 is 11.8 Å². The molecule has 1 aliphatic rings. The van der Waals surface area contributed by atoms with Gasteiger partial charge >= 0.3 is 0 Å². The molecule has 1 aliphatic carbocycles. The van der Waals surface area contributed by atoms with Crippen molar-refractivity contribution in [3.63, 3.8) is 0 Å². The highest BCUT2D eigenvalue weighted by Gasteiger charge is 2.21. The predicted molar refractivity (Wildman–Crippen MR) is 79.1 cm³/mol. The molecule has 0 amide bonds. The Morgan fingerprint density at radius 2 is 2.21 bits per heavy atom. The average molecular weight is 275 g/mol. The lowest BCUT2D eigenvalue weighted by molar-refractivity contribution is 0.196. The van der Waals surface area contributed by atoms with E-state index in [9.17, 15) is 5.11 Å². The molecule has 0 heterocycles. The van der Waals surface area contributed by atoms with E-state index in [1.54, 1.807) is 13.0 Å². The molecule has 2 unspecified atom stereocenters. The Bertz CT molecular complexity index is 478. The van der Waals surface area contributed by atoms with E-state index in [0.29, 0.717) is 10.8 Å². The molecule has 1 aromatic carbocycles. The number of benzene rings is 1. The van der Waals surface area contributed by atoms with Crippen molar-refractivity contribution in [2.24, 2.45) is 5.92 Å². The summed E-state index contributed by atoms with van der Waals surface area (Å²) in [6, 6.07) is 7.78. The van der Waals surface area contributed by atoms with Gasteiger partial charge < -0.3 is 5.11 Å². The summed E-state index contributed by atoms with van der Waals surface area (Å²) in [6.07, 6.45) is 4.63. The number of rotatable bonds is 3. The Labute approximate surface area is 119 Å². The Morgan fingerprint density at radius 3 is 2.84 bits per heavy atom. The molecule has 3 heteroatoms. The zero-order chi connectivity index (χ0) is 13.8. The molecule has 1 saturated carbocycles. The molecule has 0 radical (unpaired) electrons. The second kappa shape index (κ2) is 6.45. The van der Waals surface area contributed by atoms with Gasteiger partial charge in [-0.2, -0.15) is 5.26 Å². The minimum absolute atomic E-state index is 0.476. The van der Waals surface area contributed by atoms with Crippen molar-refractivity contribution >= 4 is 11.8 Å². The van der Waals surface area contributed by atoms with Crippen molar-refractivity contribution < 1.29 is 5.11 Å². The predicted octanol–water partition coefficient (Wildman–Crippen LogP) is 4.28. The third kappa shape index (κ3) is 3.75. The second-order valence-electron chi connectivity index (χ2n) is 5.55.